The van der Waals surface area contributed by atoms with E-state index in [0.717, 1.165) is 44.1 Å². The van der Waals surface area contributed by atoms with E-state index >= 15 is 0 Å². The van der Waals surface area contributed by atoms with Crippen LogP contribution in [0.4, 0.5) is 0 Å². The molecule has 0 saturated carbocycles. The Morgan fingerprint density at radius 2 is 1.84 bits per heavy atom. The van der Waals surface area contributed by atoms with Crippen LogP contribution in [0.2, 0.25) is 0 Å². The molecule has 5 rings (SSSR count). The van der Waals surface area contributed by atoms with E-state index in [0.29, 0.717) is 31.1 Å². The third-order valence-electron chi connectivity index (χ3n) is 5.49. The summed E-state index contributed by atoms with van der Waals surface area (Å²) in [6.45, 7) is 7.18. The van der Waals surface area contributed by atoms with Crippen LogP contribution < -0.4 is 9.47 Å². The number of fused-ring (bicyclic) bond motifs is 1. The first-order chi connectivity index (χ1) is 14.9. The molecule has 0 unspecified atom stereocenters. The molecule has 0 spiro atoms. The number of nitrogens with zero attached hydrogens (tertiary/aromatic N) is 3. The van der Waals surface area contributed by atoms with E-state index in [1.807, 2.05) is 37.4 Å². The first kappa shape index (κ1) is 20.9. The number of hydrogen-bond acceptors (Lipinski definition) is 8. The van der Waals surface area contributed by atoms with Crippen molar-refractivity contribution in [1.82, 2.24) is 14.2 Å². The summed E-state index contributed by atoms with van der Waals surface area (Å²) in [6, 6.07) is 7.75. The normalized spacial score (nSPS) is 17.4. The van der Waals surface area contributed by atoms with Gasteiger partial charge in [0.15, 0.2) is 11.5 Å². The minimum absolute atomic E-state index is 0.265. The van der Waals surface area contributed by atoms with Crippen LogP contribution in [0.3, 0.4) is 0 Å². The zero-order chi connectivity index (χ0) is 21.6. The largest absolute Gasteiger partial charge is 0.454 e. The van der Waals surface area contributed by atoms with Crippen LogP contribution in [0.25, 0.3) is 9.88 Å². The monoisotopic (exact) mass is 477 g/mol. The summed E-state index contributed by atoms with van der Waals surface area (Å²) in [5.41, 5.74) is 2.09. The molecule has 0 atom stereocenters. The third-order valence-corrected chi connectivity index (χ3v) is 9.83. The fraction of sp³-hybridized carbons (Fsp3) is 0.381. The maximum Gasteiger partial charge on any atom is 0.244 e. The van der Waals surface area contributed by atoms with Gasteiger partial charge in [0.1, 0.15) is 5.01 Å². The molecule has 2 aliphatic rings. The molecule has 4 heterocycles. The van der Waals surface area contributed by atoms with Crippen molar-refractivity contribution in [2.24, 2.45) is 0 Å². The second kappa shape index (κ2) is 8.18. The summed E-state index contributed by atoms with van der Waals surface area (Å²) in [4.78, 5) is 8.90. The van der Waals surface area contributed by atoms with Crippen molar-refractivity contribution in [3.63, 3.8) is 0 Å². The molecular weight excluding hydrogens is 454 g/mol. The standard InChI is InChI=1S/C21H23N3O4S3/c1-14-12-29-21(22-14)19-10-20(15(2)30-19)31(25,26)24-7-5-23(6-8-24)11-16-3-4-17-18(9-16)28-13-27-17/h3-4,9-10,12H,5-8,11,13H2,1-2H3. The molecule has 10 heteroatoms. The van der Waals surface area contributed by atoms with Crippen LogP contribution in [0.5, 0.6) is 11.5 Å². The highest BCUT2D eigenvalue weighted by Gasteiger charge is 2.31. The highest BCUT2D eigenvalue weighted by atomic mass is 32.2. The Bertz CT molecular complexity index is 1210. The zero-order valence-electron chi connectivity index (χ0n) is 17.3. The van der Waals surface area contributed by atoms with Gasteiger partial charge >= 0.3 is 0 Å². The van der Waals surface area contributed by atoms with Gasteiger partial charge in [-0.15, -0.1) is 22.7 Å². The van der Waals surface area contributed by atoms with E-state index in [2.05, 4.69) is 9.88 Å². The van der Waals surface area contributed by atoms with Crippen LogP contribution in [0, 0.1) is 13.8 Å². The Morgan fingerprint density at radius 3 is 2.58 bits per heavy atom. The Balaban J connectivity index is 1.26. The molecule has 0 amide bonds. The van der Waals surface area contributed by atoms with Crippen LogP contribution in [-0.4, -0.2) is 55.6 Å². The number of aromatic nitrogens is 1. The number of benzene rings is 1. The lowest BCUT2D eigenvalue weighted by atomic mass is 10.2. The number of thiophene rings is 1. The Kier molecular flexibility index (Phi) is 5.51. The van der Waals surface area contributed by atoms with Gasteiger partial charge in [0.2, 0.25) is 16.8 Å². The van der Waals surface area contributed by atoms with Crippen LogP contribution in [-0.2, 0) is 16.6 Å². The van der Waals surface area contributed by atoms with Gasteiger partial charge in [-0.2, -0.15) is 4.31 Å². The molecule has 0 N–H and O–H groups in total. The maximum absolute atomic E-state index is 13.3. The van der Waals surface area contributed by atoms with Gasteiger partial charge in [-0.1, -0.05) is 6.07 Å². The van der Waals surface area contributed by atoms with E-state index in [1.54, 1.807) is 21.7 Å². The van der Waals surface area contributed by atoms with Gasteiger partial charge in [0, 0.05) is 48.7 Å². The van der Waals surface area contributed by atoms with Crippen LogP contribution in [0.15, 0.2) is 34.5 Å². The van der Waals surface area contributed by atoms with Gasteiger partial charge in [-0.05, 0) is 37.6 Å². The summed E-state index contributed by atoms with van der Waals surface area (Å²) in [6.07, 6.45) is 0. The maximum atomic E-state index is 13.3. The lowest BCUT2D eigenvalue weighted by Crippen LogP contribution is -2.48. The van der Waals surface area contributed by atoms with Crippen LogP contribution in [0.1, 0.15) is 16.1 Å². The van der Waals surface area contributed by atoms with Gasteiger partial charge in [-0.3, -0.25) is 4.90 Å². The lowest BCUT2D eigenvalue weighted by molar-refractivity contribution is 0.173. The molecule has 2 aliphatic heterocycles. The molecule has 1 aromatic carbocycles. The molecular formula is C21H23N3O4S3. The molecule has 31 heavy (non-hydrogen) atoms. The second-order valence-corrected chi connectivity index (χ2v) is 11.7. The molecule has 0 aliphatic carbocycles. The van der Waals surface area contributed by atoms with Crippen molar-refractivity contribution in [2.75, 3.05) is 33.0 Å². The number of thiazole rings is 1. The Hall–Kier alpha value is -1.98. The predicted molar refractivity (Wildman–Crippen MR) is 122 cm³/mol. The van der Waals surface area contributed by atoms with Crippen molar-refractivity contribution < 1.29 is 17.9 Å². The van der Waals surface area contributed by atoms with Crippen molar-refractivity contribution in [3.05, 3.63) is 45.8 Å². The van der Waals surface area contributed by atoms with Gasteiger partial charge in [0.05, 0.1) is 9.77 Å². The first-order valence-corrected chi connectivity index (χ1v) is 13.2. The predicted octanol–water partition coefficient (Wildman–Crippen LogP) is 3.72. The number of sulfonamides is 1. The molecule has 0 radical (unpaired) electrons. The van der Waals surface area contributed by atoms with Crippen LogP contribution >= 0.6 is 22.7 Å². The topological polar surface area (TPSA) is 72.0 Å². The van der Waals surface area contributed by atoms with Crippen molar-refractivity contribution in [3.8, 4) is 21.4 Å². The van der Waals surface area contributed by atoms with Gasteiger partial charge < -0.3 is 9.47 Å². The number of aryl methyl sites for hydroxylation is 2. The second-order valence-electron chi connectivity index (χ2n) is 7.69. The first-order valence-electron chi connectivity index (χ1n) is 10.0. The van der Waals surface area contributed by atoms with E-state index in [-0.39, 0.29) is 6.79 Å². The number of piperazine rings is 1. The fourth-order valence-electron chi connectivity index (χ4n) is 3.86. The minimum atomic E-state index is -3.52. The third kappa shape index (κ3) is 4.10. The SMILES string of the molecule is Cc1csc(-c2cc(S(=O)(=O)N3CCN(Cc4ccc5c(c4)OCO5)CC3)c(C)s2)n1. The van der Waals surface area contributed by atoms with E-state index < -0.39 is 10.0 Å². The molecule has 7 nitrogen and oxygen atoms in total. The Morgan fingerprint density at radius 1 is 1.06 bits per heavy atom. The summed E-state index contributed by atoms with van der Waals surface area (Å²) in [7, 11) is -3.52. The average Bonchev–Trinajstić information content (AvgIpc) is 3.47. The molecule has 1 saturated heterocycles. The summed E-state index contributed by atoms with van der Waals surface area (Å²) < 4.78 is 39.1. The molecule has 2 aromatic heterocycles. The lowest BCUT2D eigenvalue weighted by Gasteiger charge is -2.34. The molecule has 3 aromatic rings. The Labute approximate surface area is 189 Å². The molecule has 0 bridgehead atoms. The quantitative estimate of drug-likeness (QED) is 0.558. The van der Waals surface area contributed by atoms with Gasteiger partial charge in [0.25, 0.3) is 0 Å². The van der Waals surface area contributed by atoms with Crippen molar-refractivity contribution >= 4 is 32.7 Å². The van der Waals surface area contributed by atoms with E-state index in [9.17, 15) is 8.42 Å². The highest BCUT2D eigenvalue weighted by molar-refractivity contribution is 7.89. The van der Waals surface area contributed by atoms with E-state index in [4.69, 9.17) is 9.47 Å². The summed E-state index contributed by atoms with van der Waals surface area (Å²) >= 11 is 3.04. The van der Waals surface area contributed by atoms with Crippen molar-refractivity contribution in [2.45, 2.75) is 25.3 Å². The average molecular weight is 478 g/mol. The summed E-state index contributed by atoms with van der Waals surface area (Å²) in [5, 5.41) is 2.86. The molecule has 1 fully saturated rings. The molecule has 164 valence electrons. The smallest absolute Gasteiger partial charge is 0.244 e. The minimum Gasteiger partial charge on any atom is -0.454 e. The van der Waals surface area contributed by atoms with Crippen molar-refractivity contribution in [1.29, 1.82) is 0 Å². The van der Waals surface area contributed by atoms with E-state index in [1.165, 1.54) is 11.3 Å². The van der Waals surface area contributed by atoms with Gasteiger partial charge in [-0.25, -0.2) is 13.4 Å². The highest BCUT2D eigenvalue weighted by Crippen LogP contribution is 2.37. The number of ether oxygens (including phenoxy) is 2. The fourth-order valence-corrected chi connectivity index (χ4v) is 7.70. The summed E-state index contributed by atoms with van der Waals surface area (Å²) in [5.74, 6) is 1.55. The number of hydrogen-bond donors (Lipinski definition) is 0. The number of rotatable bonds is 5. The zero-order valence-corrected chi connectivity index (χ0v) is 19.8.